The molecule has 74 valence electrons. The minimum atomic E-state index is 0.869. The molecule has 0 amide bonds. The van der Waals surface area contributed by atoms with Crippen molar-refractivity contribution in [2.45, 2.75) is 0 Å². The minimum Gasteiger partial charge on any atom is -0.457 e. The molecule has 2 aromatic rings. The summed E-state index contributed by atoms with van der Waals surface area (Å²) in [6.45, 7) is 3.50. The molecule has 0 fully saturated rings. The minimum absolute atomic E-state index is 0.869. The van der Waals surface area contributed by atoms with Crippen molar-refractivity contribution in [3.05, 3.63) is 60.7 Å². The first kappa shape index (κ1) is 10.8. The maximum Gasteiger partial charge on any atom is 0.127 e. The van der Waals surface area contributed by atoms with Gasteiger partial charge in [0.15, 0.2) is 0 Å². The topological polar surface area (TPSA) is 33.0 Å². The first-order chi connectivity index (χ1) is 7.45. The quantitative estimate of drug-likeness (QED) is 0.736. The average Bonchev–Trinajstić information content (AvgIpc) is 2.34. The van der Waals surface area contributed by atoms with Gasteiger partial charge in [-0.15, -0.1) is 0 Å². The summed E-state index contributed by atoms with van der Waals surface area (Å²) in [7, 11) is 0. The summed E-state index contributed by atoms with van der Waals surface area (Å²) in [5, 5.41) is 6.50. The second kappa shape index (κ2) is 6.22. The van der Waals surface area contributed by atoms with E-state index in [1.54, 1.807) is 0 Å². The molecule has 0 unspecified atom stereocenters. The Morgan fingerprint density at radius 3 is 1.33 bits per heavy atom. The zero-order valence-electron chi connectivity index (χ0n) is 8.21. The Labute approximate surface area is 89.4 Å². The van der Waals surface area contributed by atoms with Gasteiger partial charge in [-0.1, -0.05) is 36.4 Å². The summed E-state index contributed by atoms with van der Waals surface area (Å²) < 4.78 is 5.58. The molecule has 2 nitrogen and oxygen atoms in total. The lowest BCUT2D eigenvalue weighted by atomic mass is 10.3. The SMILES string of the molecule is C#N.c1ccc(Oc2ccccc2)cc1. The molecule has 0 radical (unpaired) electrons. The Bertz CT molecular complexity index is 357. The molecule has 0 bridgehead atoms. The van der Waals surface area contributed by atoms with Crippen LogP contribution < -0.4 is 4.74 Å². The number of para-hydroxylation sites is 2. The van der Waals surface area contributed by atoms with Gasteiger partial charge in [0.05, 0.1) is 0 Å². The lowest BCUT2D eigenvalue weighted by Crippen LogP contribution is -1.81. The molecule has 0 spiro atoms. The highest BCUT2D eigenvalue weighted by molar-refractivity contribution is 5.30. The van der Waals surface area contributed by atoms with Crippen LogP contribution in [0.4, 0.5) is 0 Å². The van der Waals surface area contributed by atoms with Gasteiger partial charge in [0.1, 0.15) is 11.5 Å². The standard InChI is InChI=1S/C12H10O.CHN/c1-3-7-11(8-4-1)13-12-9-5-2-6-10-12;1-2/h1-10H;1H. The van der Waals surface area contributed by atoms with Crippen LogP contribution in [0.3, 0.4) is 0 Å². The first-order valence-corrected chi connectivity index (χ1v) is 4.49. The van der Waals surface area contributed by atoms with Crippen LogP contribution >= 0.6 is 0 Å². The van der Waals surface area contributed by atoms with E-state index in [9.17, 15) is 0 Å². The summed E-state index contributed by atoms with van der Waals surface area (Å²) in [5.74, 6) is 1.74. The van der Waals surface area contributed by atoms with Gasteiger partial charge < -0.3 is 4.74 Å². The average molecular weight is 197 g/mol. The Morgan fingerprint density at radius 1 is 0.667 bits per heavy atom. The Hall–Kier alpha value is -2.27. The predicted octanol–water partition coefficient (Wildman–Crippen LogP) is 3.62. The highest BCUT2D eigenvalue weighted by atomic mass is 16.5. The van der Waals surface area contributed by atoms with E-state index in [1.807, 2.05) is 60.7 Å². The Morgan fingerprint density at radius 2 is 1.00 bits per heavy atom. The summed E-state index contributed by atoms with van der Waals surface area (Å²) in [5.41, 5.74) is 0. The maximum atomic E-state index is 6.50. The zero-order chi connectivity index (χ0) is 10.9. The van der Waals surface area contributed by atoms with Gasteiger partial charge in [-0.05, 0) is 24.3 Å². The lowest BCUT2D eigenvalue weighted by molar-refractivity contribution is 0.482. The van der Waals surface area contributed by atoms with Crippen molar-refractivity contribution in [2.24, 2.45) is 0 Å². The molecule has 2 rings (SSSR count). The van der Waals surface area contributed by atoms with E-state index in [0.717, 1.165) is 11.5 Å². The molecule has 0 aromatic heterocycles. The van der Waals surface area contributed by atoms with Crippen molar-refractivity contribution in [3.8, 4) is 18.1 Å². The second-order valence-corrected chi connectivity index (χ2v) is 2.73. The number of hydrogen-bond donors (Lipinski definition) is 0. The number of benzene rings is 2. The molecule has 0 aliphatic carbocycles. The Kier molecular flexibility index (Phi) is 4.49. The zero-order valence-corrected chi connectivity index (χ0v) is 8.21. The summed E-state index contributed by atoms with van der Waals surface area (Å²) in [6, 6.07) is 19.5. The van der Waals surface area contributed by atoms with Gasteiger partial charge in [0.25, 0.3) is 0 Å². The molecule has 2 aromatic carbocycles. The molecular formula is C13H11NO. The van der Waals surface area contributed by atoms with Gasteiger partial charge in [0, 0.05) is 6.57 Å². The summed E-state index contributed by atoms with van der Waals surface area (Å²) in [4.78, 5) is 0. The van der Waals surface area contributed by atoms with E-state index in [1.165, 1.54) is 0 Å². The fraction of sp³-hybridized carbons (Fsp3) is 0. The summed E-state index contributed by atoms with van der Waals surface area (Å²) >= 11 is 0. The first-order valence-electron chi connectivity index (χ1n) is 4.49. The van der Waals surface area contributed by atoms with E-state index < -0.39 is 0 Å². The highest BCUT2D eigenvalue weighted by Crippen LogP contribution is 2.19. The highest BCUT2D eigenvalue weighted by Gasteiger charge is 1.92. The third kappa shape index (κ3) is 3.53. The number of nitrogens with zero attached hydrogens (tertiary/aromatic N) is 1. The number of hydrogen-bond acceptors (Lipinski definition) is 2. The van der Waals surface area contributed by atoms with E-state index in [4.69, 9.17) is 10.00 Å². The van der Waals surface area contributed by atoms with E-state index >= 15 is 0 Å². The van der Waals surface area contributed by atoms with Crippen molar-refractivity contribution in [1.29, 1.82) is 5.26 Å². The van der Waals surface area contributed by atoms with E-state index in [0.29, 0.717) is 0 Å². The van der Waals surface area contributed by atoms with Crippen molar-refractivity contribution in [1.82, 2.24) is 0 Å². The van der Waals surface area contributed by atoms with Crippen molar-refractivity contribution in [2.75, 3.05) is 0 Å². The molecule has 2 heteroatoms. The maximum absolute atomic E-state index is 6.50. The molecule has 0 aliphatic rings. The molecule has 0 N–H and O–H groups in total. The van der Waals surface area contributed by atoms with Gasteiger partial charge in [-0.2, -0.15) is 0 Å². The van der Waals surface area contributed by atoms with Crippen LogP contribution in [0.5, 0.6) is 11.5 Å². The number of rotatable bonds is 2. The van der Waals surface area contributed by atoms with Crippen LogP contribution in [0.2, 0.25) is 0 Å². The molecule has 0 saturated heterocycles. The second-order valence-electron chi connectivity index (χ2n) is 2.73. The van der Waals surface area contributed by atoms with Crippen LogP contribution in [0.25, 0.3) is 0 Å². The fourth-order valence-electron chi connectivity index (χ4n) is 1.11. The lowest BCUT2D eigenvalue weighted by Gasteiger charge is -2.03. The van der Waals surface area contributed by atoms with Gasteiger partial charge in [-0.3, -0.25) is 0 Å². The van der Waals surface area contributed by atoms with Crippen LogP contribution in [0.15, 0.2) is 60.7 Å². The van der Waals surface area contributed by atoms with Crippen molar-refractivity contribution < 1.29 is 4.74 Å². The molecule has 0 atom stereocenters. The molecule has 15 heavy (non-hydrogen) atoms. The van der Waals surface area contributed by atoms with Crippen LogP contribution in [-0.4, -0.2) is 0 Å². The van der Waals surface area contributed by atoms with Crippen LogP contribution in [0, 0.1) is 11.8 Å². The third-order valence-electron chi connectivity index (χ3n) is 1.72. The normalized spacial score (nSPS) is 8.40. The van der Waals surface area contributed by atoms with Gasteiger partial charge in [-0.25, -0.2) is 5.26 Å². The van der Waals surface area contributed by atoms with E-state index in [-0.39, 0.29) is 0 Å². The van der Waals surface area contributed by atoms with Crippen molar-refractivity contribution >= 4 is 0 Å². The largest absolute Gasteiger partial charge is 0.457 e. The van der Waals surface area contributed by atoms with Crippen LogP contribution in [0.1, 0.15) is 0 Å². The monoisotopic (exact) mass is 197 g/mol. The van der Waals surface area contributed by atoms with Crippen LogP contribution in [-0.2, 0) is 0 Å². The smallest absolute Gasteiger partial charge is 0.127 e. The van der Waals surface area contributed by atoms with Gasteiger partial charge in [0.2, 0.25) is 0 Å². The fourth-order valence-corrected chi connectivity index (χ4v) is 1.11. The Balaban J connectivity index is 0.000000531. The molecular weight excluding hydrogens is 186 g/mol. The molecule has 0 heterocycles. The van der Waals surface area contributed by atoms with Gasteiger partial charge >= 0.3 is 0 Å². The summed E-state index contributed by atoms with van der Waals surface area (Å²) in [6.07, 6.45) is 0. The number of ether oxygens (including phenoxy) is 1. The number of nitriles is 1. The third-order valence-corrected chi connectivity index (χ3v) is 1.72. The molecule has 0 saturated carbocycles. The van der Waals surface area contributed by atoms with Crippen molar-refractivity contribution in [3.63, 3.8) is 0 Å². The predicted molar refractivity (Wildman–Crippen MR) is 59.6 cm³/mol. The van der Waals surface area contributed by atoms with E-state index in [2.05, 4.69) is 6.57 Å². The molecule has 0 aliphatic heterocycles.